The fourth-order valence-corrected chi connectivity index (χ4v) is 6.54. The minimum absolute atomic E-state index is 0.0514. The highest BCUT2D eigenvalue weighted by Gasteiger charge is 2.39. The van der Waals surface area contributed by atoms with Crippen molar-refractivity contribution in [3.05, 3.63) is 115 Å². The van der Waals surface area contributed by atoms with E-state index < -0.39 is 0 Å². The molecule has 1 heterocycles. The zero-order chi connectivity index (χ0) is 23.6. The van der Waals surface area contributed by atoms with Gasteiger partial charge in [0, 0.05) is 32.0 Å². The van der Waals surface area contributed by atoms with Crippen molar-refractivity contribution >= 4 is 33.3 Å². The molecule has 5 heteroatoms. The fraction of sp³-hybridized carbons (Fsp3) is 0.0345. The molecule has 3 aromatic carbocycles. The molecule has 154 valence electrons. The van der Waals surface area contributed by atoms with Gasteiger partial charge < -0.3 is 0 Å². The fourth-order valence-electron chi connectivity index (χ4n) is 5.10. The van der Waals surface area contributed by atoms with Gasteiger partial charge in [0.05, 0.1) is 25.3 Å². The van der Waals surface area contributed by atoms with Gasteiger partial charge in [0.1, 0.15) is 0 Å². The first-order valence-corrected chi connectivity index (χ1v) is 11.3. The molecule has 0 amide bonds. The second kappa shape index (κ2) is 7.03. The molecule has 0 saturated carbocycles. The molecule has 0 radical (unpaired) electrons. The molecule has 0 bridgehead atoms. The Morgan fingerprint density at radius 1 is 0.765 bits per heavy atom. The van der Waals surface area contributed by atoms with E-state index in [9.17, 15) is 10.5 Å². The molecule has 2 aliphatic rings. The van der Waals surface area contributed by atoms with E-state index in [1.807, 2.05) is 43.3 Å². The van der Waals surface area contributed by atoms with E-state index in [0.29, 0.717) is 11.1 Å². The van der Waals surface area contributed by atoms with Gasteiger partial charge in [0.2, 0.25) is 0 Å². The molecule has 0 spiro atoms. The summed E-state index contributed by atoms with van der Waals surface area (Å²) < 4.78 is 0. The third-order valence-corrected chi connectivity index (χ3v) is 7.66. The molecule has 0 atom stereocenters. The van der Waals surface area contributed by atoms with Gasteiger partial charge in [-0.2, -0.15) is 0 Å². The van der Waals surface area contributed by atoms with Gasteiger partial charge in [-0.05, 0) is 39.9 Å². The van der Waals surface area contributed by atoms with Gasteiger partial charge in [-0.3, -0.25) is 0 Å². The highest BCUT2D eigenvalue weighted by Crippen LogP contribution is 2.62. The molecule has 0 fully saturated rings. The first-order valence-electron chi connectivity index (χ1n) is 10.5. The average Bonchev–Trinajstić information content (AvgIpc) is 3.47. The number of hydrogen-bond acceptors (Lipinski definition) is 3. The van der Waals surface area contributed by atoms with E-state index >= 15 is 0 Å². The van der Waals surface area contributed by atoms with Crippen LogP contribution in [0.25, 0.3) is 53.9 Å². The van der Waals surface area contributed by atoms with Crippen molar-refractivity contribution in [1.82, 2.24) is 0 Å². The number of fused-ring (bicyclic) bond motifs is 9. The lowest BCUT2D eigenvalue weighted by Gasteiger charge is -2.09. The zero-order valence-corrected chi connectivity index (χ0v) is 18.7. The maximum Gasteiger partial charge on any atom is 0.271 e. The van der Waals surface area contributed by atoms with Crippen molar-refractivity contribution in [3.8, 4) is 34.4 Å². The molecule has 0 aliphatic heterocycles. The van der Waals surface area contributed by atoms with Gasteiger partial charge in [-0.25, -0.2) is 20.2 Å². The summed E-state index contributed by atoms with van der Waals surface area (Å²) in [5.41, 5.74) is 8.17. The summed E-state index contributed by atoms with van der Waals surface area (Å²) in [4.78, 5) is 8.81. The Hall–Kier alpha value is -4.94. The van der Waals surface area contributed by atoms with E-state index in [0.717, 1.165) is 59.5 Å². The predicted octanol–water partition coefficient (Wildman–Crippen LogP) is 7.58. The summed E-state index contributed by atoms with van der Waals surface area (Å²) in [7, 11) is 0. The van der Waals surface area contributed by atoms with Crippen LogP contribution in [0.4, 0.5) is 0 Å². The minimum Gasteiger partial charge on any atom is -0.226 e. The third kappa shape index (κ3) is 2.37. The van der Waals surface area contributed by atoms with E-state index in [4.69, 9.17) is 13.1 Å². The van der Waals surface area contributed by atoms with Gasteiger partial charge in [0.25, 0.3) is 11.4 Å². The summed E-state index contributed by atoms with van der Waals surface area (Å²) in [6.45, 7) is 17.3. The van der Waals surface area contributed by atoms with Gasteiger partial charge in [-0.15, -0.1) is 11.3 Å². The van der Waals surface area contributed by atoms with E-state index in [-0.39, 0.29) is 11.4 Å². The number of nitriles is 2. The van der Waals surface area contributed by atoms with E-state index in [1.54, 1.807) is 0 Å². The molecule has 2 aliphatic carbocycles. The number of rotatable bonds is 0. The summed E-state index contributed by atoms with van der Waals surface area (Å²) in [5.74, 6) is 0. The maximum absolute atomic E-state index is 9.79. The molecule has 4 nitrogen and oxygen atoms in total. The molecule has 34 heavy (non-hydrogen) atoms. The topological polar surface area (TPSA) is 56.3 Å². The first-order chi connectivity index (χ1) is 16.6. The van der Waals surface area contributed by atoms with Gasteiger partial charge >= 0.3 is 0 Å². The SMILES string of the molecule is [C-]#[N+]/C(C#N)=C1/c2ccc3ccccc3c2-c2c1sc1c2-c2ccc(C)cc2/C1=C(/C#N)[N+]#[C-]. The summed E-state index contributed by atoms with van der Waals surface area (Å²) in [5, 5.41) is 21.7. The zero-order valence-electron chi connectivity index (χ0n) is 17.9. The van der Waals surface area contributed by atoms with E-state index in [2.05, 4.69) is 40.0 Å². The first kappa shape index (κ1) is 19.7. The number of allylic oxidation sites excluding steroid dienone is 2. The van der Waals surface area contributed by atoms with Crippen LogP contribution < -0.4 is 0 Å². The molecule has 4 aromatic rings. The Morgan fingerprint density at radius 2 is 1.41 bits per heavy atom. The summed E-state index contributed by atoms with van der Waals surface area (Å²) in [6, 6.07) is 22.4. The van der Waals surface area contributed by atoms with Gasteiger partial charge in [-0.1, -0.05) is 60.2 Å². The van der Waals surface area contributed by atoms with Crippen LogP contribution in [-0.4, -0.2) is 0 Å². The molecular formula is C29H12N4S. The summed E-state index contributed by atoms with van der Waals surface area (Å²) in [6.07, 6.45) is 0. The highest BCUT2D eigenvalue weighted by atomic mass is 32.1. The number of nitrogens with zero attached hydrogens (tertiary/aromatic N) is 4. The van der Waals surface area contributed by atoms with Crippen LogP contribution in [0.3, 0.4) is 0 Å². The lowest BCUT2D eigenvalue weighted by atomic mass is 9.94. The van der Waals surface area contributed by atoms with Crippen LogP contribution in [0.5, 0.6) is 0 Å². The monoisotopic (exact) mass is 448 g/mol. The van der Waals surface area contributed by atoms with Crippen molar-refractivity contribution in [2.75, 3.05) is 0 Å². The van der Waals surface area contributed by atoms with Crippen LogP contribution in [0.2, 0.25) is 0 Å². The second-order valence-corrected chi connectivity index (χ2v) is 9.18. The number of benzene rings is 3. The third-order valence-electron chi connectivity index (χ3n) is 6.43. The van der Waals surface area contributed by atoms with Crippen molar-refractivity contribution in [2.24, 2.45) is 0 Å². The van der Waals surface area contributed by atoms with Crippen LogP contribution in [-0.2, 0) is 0 Å². The van der Waals surface area contributed by atoms with Crippen LogP contribution in [0, 0.1) is 42.7 Å². The lowest BCUT2D eigenvalue weighted by Crippen LogP contribution is -1.87. The smallest absolute Gasteiger partial charge is 0.226 e. The predicted molar refractivity (Wildman–Crippen MR) is 134 cm³/mol. The Labute approximate surface area is 200 Å². The summed E-state index contributed by atoms with van der Waals surface area (Å²) >= 11 is 1.47. The van der Waals surface area contributed by atoms with Crippen LogP contribution in [0.1, 0.15) is 26.4 Å². The number of thiophene rings is 1. The quantitative estimate of drug-likeness (QED) is 0.178. The minimum atomic E-state index is 0.0514. The van der Waals surface area contributed by atoms with Crippen LogP contribution >= 0.6 is 11.3 Å². The Bertz CT molecular complexity index is 1820. The Morgan fingerprint density at radius 3 is 2.12 bits per heavy atom. The number of hydrogen-bond donors (Lipinski definition) is 0. The number of aryl methyl sites for hydroxylation is 1. The molecule has 6 rings (SSSR count). The largest absolute Gasteiger partial charge is 0.271 e. The molecule has 0 N–H and O–H groups in total. The van der Waals surface area contributed by atoms with E-state index in [1.165, 1.54) is 11.3 Å². The lowest BCUT2D eigenvalue weighted by molar-refractivity contribution is 1.45. The Balaban J connectivity index is 1.86. The average molecular weight is 449 g/mol. The van der Waals surface area contributed by atoms with Crippen molar-refractivity contribution < 1.29 is 0 Å². The van der Waals surface area contributed by atoms with Crippen molar-refractivity contribution in [3.63, 3.8) is 0 Å². The van der Waals surface area contributed by atoms with Crippen LogP contribution in [0.15, 0.2) is 66.0 Å². The maximum atomic E-state index is 9.79. The van der Waals surface area contributed by atoms with Crippen molar-refractivity contribution in [2.45, 2.75) is 6.92 Å². The normalized spacial score (nSPS) is 15.2. The molecule has 0 saturated heterocycles. The Kier molecular flexibility index (Phi) is 4.08. The van der Waals surface area contributed by atoms with Crippen molar-refractivity contribution in [1.29, 1.82) is 10.5 Å². The standard InChI is InChI=1S/C29H12N4S/c1-15-8-10-18-20(12-15)25(22(14-31)33-3)28-26(18)27-23-17-7-5-4-6-16(17)9-11-19(23)24(29(27)34-28)21(13-30)32-2/h4-12H,1H3/b24-21-,25-22+. The highest BCUT2D eigenvalue weighted by molar-refractivity contribution is 7.16. The molecular weight excluding hydrogens is 436 g/mol. The molecule has 0 unspecified atom stereocenters. The second-order valence-electron chi connectivity index (χ2n) is 8.16. The molecule has 1 aromatic heterocycles. The van der Waals surface area contributed by atoms with Gasteiger partial charge in [0.15, 0.2) is 0 Å².